The largest absolute Gasteiger partial charge is 0.355 e. The maximum Gasteiger partial charge on any atom is 0.269 e. The lowest BCUT2D eigenvalue weighted by Gasteiger charge is -2.32. The molecule has 10 heteroatoms. The number of carbonyl (C=O) groups excluding carboxylic acids is 3. The van der Waals surface area contributed by atoms with Gasteiger partial charge in [-0.3, -0.25) is 14.4 Å². The molecule has 192 valence electrons. The van der Waals surface area contributed by atoms with Gasteiger partial charge < -0.3 is 10.2 Å². The molecule has 3 aromatic carbocycles. The number of halogens is 1. The molecular weight excluding hydrogens is 497 g/mol. The van der Waals surface area contributed by atoms with Gasteiger partial charge >= 0.3 is 0 Å². The van der Waals surface area contributed by atoms with Crippen LogP contribution >= 0.6 is 0 Å². The first-order valence-electron chi connectivity index (χ1n) is 11.7. The van der Waals surface area contributed by atoms with Crippen molar-refractivity contribution >= 4 is 27.7 Å². The van der Waals surface area contributed by atoms with Gasteiger partial charge in [0.2, 0.25) is 11.8 Å². The quantitative estimate of drug-likeness (QED) is 0.465. The van der Waals surface area contributed by atoms with Crippen LogP contribution in [0.5, 0.6) is 0 Å². The minimum absolute atomic E-state index is 0.0273. The molecule has 0 aliphatic carbocycles. The summed E-state index contributed by atoms with van der Waals surface area (Å²) in [6.45, 7) is 0.900. The van der Waals surface area contributed by atoms with E-state index >= 15 is 0 Å². The number of hydrogen-bond donors (Lipinski definition) is 1. The van der Waals surface area contributed by atoms with Gasteiger partial charge in [-0.15, -0.1) is 0 Å². The molecule has 0 saturated heterocycles. The molecule has 1 aliphatic rings. The highest BCUT2D eigenvalue weighted by Crippen LogP contribution is 2.30. The molecule has 0 spiro atoms. The topological polar surface area (TPSA) is 104 Å². The fraction of sp³-hybridized carbons (Fsp3) is 0.222. The zero-order valence-electron chi connectivity index (χ0n) is 20.1. The second kappa shape index (κ2) is 10.9. The van der Waals surface area contributed by atoms with Gasteiger partial charge in [0.25, 0.3) is 15.9 Å². The van der Waals surface area contributed by atoms with Crippen LogP contribution < -0.4 is 5.32 Å². The highest BCUT2D eigenvalue weighted by atomic mass is 32.2. The zero-order valence-corrected chi connectivity index (χ0v) is 20.9. The number of likely N-dealkylation sites (N-methyl/N-ethyl adjacent to an activating group) is 1. The Hall–Kier alpha value is -4.05. The summed E-state index contributed by atoms with van der Waals surface area (Å²) in [7, 11) is -4.26. The number of sulfonamides is 1. The van der Waals surface area contributed by atoms with Gasteiger partial charge in [-0.05, 0) is 30.7 Å². The Labute approximate surface area is 214 Å². The van der Waals surface area contributed by atoms with Gasteiger partial charge in [-0.2, -0.15) is 0 Å². The lowest BCUT2D eigenvalue weighted by atomic mass is 10.0. The van der Waals surface area contributed by atoms with E-state index in [4.69, 9.17) is 0 Å². The van der Waals surface area contributed by atoms with Crippen LogP contribution in [0.2, 0.25) is 0 Å². The van der Waals surface area contributed by atoms with Crippen LogP contribution in [-0.2, 0) is 32.6 Å². The molecular formula is C27H26FN3O5S. The first-order chi connectivity index (χ1) is 17.7. The van der Waals surface area contributed by atoms with Gasteiger partial charge in [0.05, 0.1) is 5.56 Å². The molecule has 1 aliphatic heterocycles. The molecule has 0 saturated carbocycles. The van der Waals surface area contributed by atoms with Crippen molar-refractivity contribution in [2.24, 2.45) is 0 Å². The summed E-state index contributed by atoms with van der Waals surface area (Å²) in [6, 6.07) is 19.4. The van der Waals surface area contributed by atoms with Crippen molar-refractivity contribution in [3.05, 3.63) is 101 Å². The van der Waals surface area contributed by atoms with E-state index in [0.717, 1.165) is 10.5 Å². The number of rotatable bonds is 9. The van der Waals surface area contributed by atoms with Crippen LogP contribution in [0.4, 0.5) is 4.39 Å². The third-order valence-corrected chi connectivity index (χ3v) is 7.90. The predicted octanol–water partition coefficient (Wildman–Crippen LogP) is 2.75. The summed E-state index contributed by atoms with van der Waals surface area (Å²) >= 11 is 0. The number of nitrogens with one attached hydrogen (secondary N) is 1. The highest BCUT2D eigenvalue weighted by molar-refractivity contribution is 7.90. The van der Waals surface area contributed by atoms with Gasteiger partial charge in [-0.25, -0.2) is 17.1 Å². The summed E-state index contributed by atoms with van der Waals surface area (Å²) in [5.41, 5.74) is 0.875. The maximum absolute atomic E-state index is 14.6. The average Bonchev–Trinajstić information content (AvgIpc) is 3.08. The summed E-state index contributed by atoms with van der Waals surface area (Å²) in [6.07, 6.45) is 0.105. The van der Waals surface area contributed by atoms with Crippen LogP contribution in [-0.4, -0.2) is 54.5 Å². The summed E-state index contributed by atoms with van der Waals surface area (Å²) < 4.78 is 41.2. The number of hydrogen-bond acceptors (Lipinski definition) is 5. The van der Waals surface area contributed by atoms with Crippen LogP contribution in [0.25, 0.3) is 0 Å². The minimum atomic E-state index is -4.26. The fourth-order valence-electron chi connectivity index (χ4n) is 4.26. The van der Waals surface area contributed by atoms with E-state index < -0.39 is 46.1 Å². The van der Waals surface area contributed by atoms with Crippen molar-refractivity contribution < 1.29 is 27.2 Å². The Balaban J connectivity index is 1.71. The minimum Gasteiger partial charge on any atom is -0.355 e. The molecule has 0 fully saturated rings. The molecule has 3 aromatic rings. The smallest absolute Gasteiger partial charge is 0.269 e. The van der Waals surface area contributed by atoms with Crippen LogP contribution in [0, 0.1) is 5.82 Å². The first-order valence-corrected chi connectivity index (χ1v) is 13.2. The van der Waals surface area contributed by atoms with Gasteiger partial charge in [0.15, 0.2) is 0 Å². The number of benzene rings is 3. The van der Waals surface area contributed by atoms with Crippen molar-refractivity contribution in [1.29, 1.82) is 0 Å². The van der Waals surface area contributed by atoms with E-state index in [1.54, 1.807) is 37.3 Å². The lowest BCUT2D eigenvalue weighted by Crippen LogP contribution is -2.53. The Morgan fingerprint density at radius 3 is 2.30 bits per heavy atom. The van der Waals surface area contributed by atoms with Crippen molar-refractivity contribution in [3.8, 4) is 0 Å². The molecule has 0 bridgehead atoms. The number of amides is 3. The number of carbonyl (C=O) groups is 3. The van der Waals surface area contributed by atoms with Crippen LogP contribution in [0.1, 0.15) is 28.4 Å². The Bertz CT molecular complexity index is 1430. The van der Waals surface area contributed by atoms with E-state index in [-0.39, 0.29) is 29.0 Å². The molecule has 1 N–H and O–H groups in total. The molecule has 37 heavy (non-hydrogen) atoms. The van der Waals surface area contributed by atoms with E-state index in [1.807, 2.05) is 6.07 Å². The van der Waals surface area contributed by atoms with Crippen molar-refractivity contribution in [2.75, 3.05) is 13.1 Å². The van der Waals surface area contributed by atoms with Crippen molar-refractivity contribution in [2.45, 2.75) is 30.8 Å². The van der Waals surface area contributed by atoms with E-state index in [1.165, 1.54) is 42.5 Å². The molecule has 0 unspecified atom stereocenters. The van der Waals surface area contributed by atoms with E-state index in [0.29, 0.717) is 10.8 Å². The zero-order chi connectivity index (χ0) is 26.6. The lowest BCUT2D eigenvalue weighted by molar-refractivity contribution is -0.141. The third-order valence-electron chi connectivity index (χ3n) is 6.11. The Morgan fingerprint density at radius 2 is 1.62 bits per heavy atom. The predicted molar refractivity (Wildman–Crippen MR) is 134 cm³/mol. The Morgan fingerprint density at radius 1 is 0.973 bits per heavy atom. The second-order valence-electron chi connectivity index (χ2n) is 8.53. The van der Waals surface area contributed by atoms with Crippen molar-refractivity contribution in [3.63, 3.8) is 0 Å². The van der Waals surface area contributed by atoms with Crippen molar-refractivity contribution in [1.82, 2.24) is 14.5 Å². The monoisotopic (exact) mass is 523 g/mol. The molecule has 4 rings (SSSR count). The van der Waals surface area contributed by atoms with Crippen LogP contribution in [0.3, 0.4) is 0 Å². The van der Waals surface area contributed by atoms with Gasteiger partial charge in [-0.1, -0.05) is 60.7 Å². The number of fused-ring (bicyclic) bond motifs is 1. The Kier molecular flexibility index (Phi) is 7.68. The standard InChI is InChI=1S/C27H26FN3O5S/c1-2-29-26(33)23(16-19-10-4-3-5-11-19)30(17-20-12-6-8-14-22(20)28)25(32)18-31-27(34)21-13-7-9-15-24(21)37(31,35)36/h3-15,23H,2,16-18H2,1H3,(H,29,33)/t23-/m0/s1. The number of nitrogens with zero attached hydrogens (tertiary/aromatic N) is 2. The molecule has 3 amide bonds. The SMILES string of the molecule is CCNC(=O)[C@H](Cc1ccccc1)N(Cc1ccccc1F)C(=O)CN1C(=O)c2ccccc2S1(=O)=O. The summed E-state index contributed by atoms with van der Waals surface area (Å²) in [5, 5.41) is 2.71. The highest BCUT2D eigenvalue weighted by Gasteiger charge is 2.43. The summed E-state index contributed by atoms with van der Waals surface area (Å²) in [5.74, 6) is -2.69. The van der Waals surface area contributed by atoms with E-state index in [9.17, 15) is 27.2 Å². The van der Waals surface area contributed by atoms with Gasteiger partial charge in [0, 0.05) is 25.1 Å². The second-order valence-corrected chi connectivity index (χ2v) is 10.4. The molecule has 1 heterocycles. The normalized spacial score (nSPS) is 14.6. The van der Waals surface area contributed by atoms with E-state index in [2.05, 4.69) is 5.32 Å². The van der Waals surface area contributed by atoms with Crippen LogP contribution in [0.15, 0.2) is 83.8 Å². The average molecular weight is 524 g/mol. The molecule has 0 radical (unpaired) electrons. The molecule has 8 nitrogen and oxygen atoms in total. The van der Waals surface area contributed by atoms with Gasteiger partial charge in [0.1, 0.15) is 23.3 Å². The first kappa shape index (κ1) is 26.0. The third kappa shape index (κ3) is 5.39. The summed E-state index contributed by atoms with van der Waals surface area (Å²) in [4.78, 5) is 40.8. The maximum atomic E-state index is 14.6. The molecule has 0 aromatic heterocycles. The fourth-order valence-corrected chi connectivity index (χ4v) is 5.78. The molecule has 1 atom stereocenters.